The molecule has 2 rings (SSSR count). The lowest BCUT2D eigenvalue weighted by molar-refractivity contribution is -0.692. The summed E-state index contributed by atoms with van der Waals surface area (Å²) in [5, 5.41) is 9.98. The summed E-state index contributed by atoms with van der Waals surface area (Å²) >= 11 is 0. The molecule has 0 aliphatic heterocycles. The summed E-state index contributed by atoms with van der Waals surface area (Å²) in [7, 11) is 6.45. The van der Waals surface area contributed by atoms with E-state index in [1.807, 2.05) is 13.0 Å². The van der Waals surface area contributed by atoms with Gasteiger partial charge >= 0.3 is 5.69 Å². The van der Waals surface area contributed by atoms with E-state index in [-0.39, 0.29) is 23.8 Å². The summed E-state index contributed by atoms with van der Waals surface area (Å²) in [5.74, 6) is 0.869. The average molecular weight is 353 g/mol. The zero-order chi connectivity index (χ0) is 17.1. The number of methoxy groups -OCH3 is 2. The van der Waals surface area contributed by atoms with Crippen molar-refractivity contribution in [3.05, 3.63) is 45.6 Å². The maximum atomic E-state index is 12.1. The number of hydrogen-bond acceptors (Lipinski definition) is 4. The third kappa shape index (κ3) is 3.71. The number of phenols is 1. The van der Waals surface area contributed by atoms with Gasteiger partial charge in [0.1, 0.15) is 17.1 Å². The normalized spacial score (nSPS) is 10.5. The monoisotopic (exact) mass is 352 g/mol. The van der Waals surface area contributed by atoms with Gasteiger partial charge in [-0.25, -0.2) is 0 Å². The molecule has 0 atom stereocenters. The highest BCUT2D eigenvalue weighted by molar-refractivity contribution is 5.73. The highest BCUT2D eigenvalue weighted by Gasteiger charge is 2.13. The third-order valence-electron chi connectivity index (χ3n) is 3.79. The van der Waals surface area contributed by atoms with Crippen LogP contribution in [0.25, 0.3) is 12.2 Å². The molecular formula is C17H21ClN2O4. The minimum Gasteiger partial charge on any atom is -1.00 e. The molecule has 0 amide bonds. The number of phenolic OH excluding ortho intramolecular Hbond substituents is 1. The topological polar surface area (TPSA) is 64.6 Å². The molecule has 0 unspecified atom stereocenters. The van der Waals surface area contributed by atoms with Gasteiger partial charge in [0, 0.05) is 17.7 Å². The van der Waals surface area contributed by atoms with Gasteiger partial charge in [-0.15, -0.1) is 0 Å². The first-order chi connectivity index (χ1) is 10.9. The molecule has 6 nitrogen and oxygen atoms in total. The van der Waals surface area contributed by atoms with E-state index in [0.717, 1.165) is 11.4 Å². The number of nitrogens with zero attached hydrogens (tertiary/aromatic N) is 2. The molecular weight excluding hydrogens is 332 g/mol. The molecule has 24 heavy (non-hydrogen) atoms. The zero-order valence-corrected chi connectivity index (χ0v) is 15.1. The van der Waals surface area contributed by atoms with Crippen molar-refractivity contribution >= 4 is 12.2 Å². The third-order valence-corrected chi connectivity index (χ3v) is 3.79. The molecule has 0 bridgehead atoms. The molecule has 0 spiro atoms. The molecule has 130 valence electrons. The minimum atomic E-state index is -0.106. The fraction of sp³-hybridized carbons (Fsp3) is 0.294. The second-order valence-electron chi connectivity index (χ2n) is 5.21. The molecule has 0 aliphatic carbocycles. The molecule has 1 aromatic carbocycles. The first-order valence-electron chi connectivity index (χ1n) is 7.08. The number of aromatic hydroxyl groups is 1. The average Bonchev–Trinajstić information content (AvgIpc) is 2.54. The van der Waals surface area contributed by atoms with E-state index in [1.54, 1.807) is 41.4 Å². The van der Waals surface area contributed by atoms with Crippen molar-refractivity contribution in [3.63, 3.8) is 0 Å². The van der Waals surface area contributed by atoms with Crippen molar-refractivity contribution in [2.45, 2.75) is 6.92 Å². The predicted molar refractivity (Wildman–Crippen MR) is 87.7 cm³/mol. The van der Waals surface area contributed by atoms with Crippen molar-refractivity contribution in [3.8, 4) is 17.2 Å². The number of aryl methyl sites for hydroxylation is 1. The summed E-state index contributed by atoms with van der Waals surface area (Å²) in [6.45, 7) is 1.87. The van der Waals surface area contributed by atoms with Crippen LogP contribution in [0.1, 0.15) is 17.0 Å². The van der Waals surface area contributed by atoms with Crippen molar-refractivity contribution in [2.75, 3.05) is 14.2 Å². The number of ether oxygens (including phenoxy) is 2. The number of hydrogen-bond donors (Lipinski definition) is 1. The van der Waals surface area contributed by atoms with Crippen molar-refractivity contribution in [1.29, 1.82) is 0 Å². The van der Waals surface area contributed by atoms with Gasteiger partial charge in [-0.1, -0.05) is 0 Å². The Morgan fingerprint density at radius 1 is 1.17 bits per heavy atom. The van der Waals surface area contributed by atoms with Crippen molar-refractivity contribution < 1.29 is 31.6 Å². The number of aromatic nitrogens is 2. The molecule has 2 aromatic rings. The Kier molecular flexibility index (Phi) is 6.42. The van der Waals surface area contributed by atoms with Gasteiger partial charge < -0.3 is 27.0 Å². The summed E-state index contributed by atoms with van der Waals surface area (Å²) < 4.78 is 13.5. The molecule has 0 saturated heterocycles. The van der Waals surface area contributed by atoms with Crippen LogP contribution in [0.15, 0.2) is 23.0 Å². The van der Waals surface area contributed by atoms with E-state index >= 15 is 0 Å². The SMILES string of the molecule is COc1cc(O)c(OC)c(C=Cc2cc(C)n(C)c(=O)[n+]2C)c1.[Cl-]. The molecule has 1 aromatic heterocycles. The first-order valence-corrected chi connectivity index (χ1v) is 7.08. The lowest BCUT2D eigenvalue weighted by Gasteiger charge is -2.10. The van der Waals surface area contributed by atoms with E-state index in [1.165, 1.54) is 20.3 Å². The fourth-order valence-corrected chi connectivity index (χ4v) is 2.30. The Bertz CT molecular complexity index is 828. The standard InChI is InChI=1S/C17H20N2O4.ClH/c1-11-8-13(19(3)17(21)18(11)2)7-6-12-9-14(22-4)10-15(20)16(12)23-5;/h6-10H,1-5H3;1H. The number of halogens is 1. The largest absolute Gasteiger partial charge is 1.00 e. The molecule has 1 N–H and O–H groups in total. The smallest absolute Gasteiger partial charge is 0.498 e. The number of benzene rings is 1. The minimum absolute atomic E-state index is 0. The van der Waals surface area contributed by atoms with Crippen molar-refractivity contribution in [2.24, 2.45) is 14.1 Å². The predicted octanol–water partition coefficient (Wildman–Crippen LogP) is -1.58. The summed E-state index contributed by atoms with van der Waals surface area (Å²) in [5.41, 5.74) is 2.15. The Hall–Kier alpha value is -2.47. The second kappa shape index (κ2) is 7.88. The zero-order valence-electron chi connectivity index (χ0n) is 14.3. The van der Waals surface area contributed by atoms with E-state index in [9.17, 15) is 9.90 Å². The Balaban J connectivity index is 0.00000288. The first kappa shape index (κ1) is 19.6. The van der Waals surface area contributed by atoms with Gasteiger partial charge in [0.05, 0.1) is 28.3 Å². The van der Waals surface area contributed by atoms with Crippen LogP contribution in [0.3, 0.4) is 0 Å². The number of rotatable bonds is 4. The summed E-state index contributed by atoms with van der Waals surface area (Å²) in [4.78, 5) is 12.1. The van der Waals surface area contributed by atoms with Gasteiger partial charge in [0.2, 0.25) is 0 Å². The molecule has 0 radical (unpaired) electrons. The van der Waals surface area contributed by atoms with Crippen LogP contribution in [-0.2, 0) is 14.1 Å². The van der Waals surface area contributed by atoms with E-state index in [4.69, 9.17) is 9.47 Å². The van der Waals surface area contributed by atoms with Crippen LogP contribution >= 0.6 is 0 Å². The van der Waals surface area contributed by atoms with Crippen molar-refractivity contribution in [1.82, 2.24) is 4.57 Å². The van der Waals surface area contributed by atoms with Crippen LogP contribution in [0.2, 0.25) is 0 Å². The molecule has 7 heteroatoms. The molecule has 0 aliphatic rings. The second-order valence-corrected chi connectivity index (χ2v) is 5.21. The molecule has 0 fully saturated rings. The Morgan fingerprint density at radius 2 is 1.83 bits per heavy atom. The van der Waals surface area contributed by atoms with Gasteiger partial charge in [-0.2, -0.15) is 13.9 Å². The summed E-state index contributed by atoms with van der Waals surface area (Å²) in [6, 6.07) is 5.14. The van der Waals surface area contributed by atoms with Crippen LogP contribution in [-0.4, -0.2) is 23.9 Å². The maximum Gasteiger partial charge on any atom is 0.498 e. The lowest BCUT2D eigenvalue weighted by atomic mass is 10.1. The molecule has 0 saturated carbocycles. The maximum absolute atomic E-state index is 12.1. The van der Waals surface area contributed by atoms with Crippen LogP contribution < -0.4 is 32.1 Å². The Labute approximate surface area is 147 Å². The fourth-order valence-electron chi connectivity index (χ4n) is 2.30. The van der Waals surface area contributed by atoms with Gasteiger partial charge in [-0.05, 0) is 25.1 Å². The molecule has 1 heterocycles. The van der Waals surface area contributed by atoms with Crippen LogP contribution in [0.4, 0.5) is 0 Å². The van der Waals surface area contributed by atoms with Gasteiger partial charge in [-0.3, -0.25) is 0 Å². The Morgan fingerprint density at radius 3 is 2.42 bits per heavy atom. The van der Waals surface area contributed by atoms with Gasteiger partial charge in [0.15, 0.2) is 11.5 Å². The highest BCUT2D eigenvalue weighted by Crippen LogP contribution is 2.35. The highest BCUT2D eigenvalue weighted by atomic mass is 35.5. The van der Waals surface area contributed by atoms with E-state index < -0.39 is 0 Å². The lowest BCUT2D eigenvalue weighted by Crippen LogP contribution is -3.00. The summed E-state index contributed by atoms with van der Waals surface area (Å²) in [6.07, 6.45) is 3.57. The quantitative estimate of drug-likeness (QED) is 0.674. The van der Waals surface area contributed by atoms with E-state index in [2.05, 4.69) is 0 Å². The van der Waals surface area contributed by atoms with Gasteiger partial charge in [0.25, 0.3) is 0 Å². The van der Waals surface area contributed by atoms with E-state index in [0.29, 0.717) is 17.1 Å². The van der Waals surface area contributed by atoms with Crippen LogP contribution in [0, 0.1) is 6.92 Å². The van der Waals surface area contributed by atoms with Crippen LogP contribution in [0.5, 0.6) is 17.2 Å².